The van der Waals surface area contributed by atoms with Crippen molar-refractivity contribution in [1.29, 1.82) is 0 Å². The number of thioether (sulfide) groups is 1. The molecular formula is C14H17NO2S. The summed E-state index contributed by atoms with van der Waals surface area (Å²) in [6, 6.07) is 7.25. The fourth-order valence-electron chi connectivity index (χ4n) is 1.89. The molecule has 1 saturated heterocycles. The van der Waals surface area contributed by atoms with Gasteiger partial charge in [-0.15, -0.1) is 0 Å². The highest BCUT2D eigenvalue weighted by Gasteiger charge is 2.26. The van der Waals surface area contributed by atoms with Crippen LogP contribution in [-0.4, -0.2) is 22.8 Å². The Bertz CT molecular complexity index is 453. The molecule has 1 amide bonds. The van der Waals surface area contributed by atoms with Crippen molar-refractivity contribution in [1.82, 2.24) is 5.32 Å². The Hall–Kier alpha value is -1.29. The molecule has 1 aromatic rings. The smallest absolute Gasteiger partial charge is 0.251 e. The number of nitrogens with one attached hydrogen (secondary N) is 1. The van der Waals surface area contributed by atoms with Gasteiger partial charge in [0.15, 0.2) is 0 Å². The molecule has 96 valence electrons. The lowest BCUT2D eigenvalue weighted by molar-refractivity contribution is -0.112. The monoisotopic (exact) mass is 263 g/mol. The molecule has 18 heavy (non-hydrogen) atoms. The zero-order valence-electron chi connectivity index (χ0n) is 10.6. The minimum absolute atomic E-state index is 0.0714. The number of benzene rings is 1. The third kappa shape index (κ3) is 2.93. The summed E-state index contributed by atoms with van der Waals surface area (Å²) < 4.78 is 0. The van der Waals surface area contributed by atoms with E-state index in [0.717, 1.165) is 12.2 Å². The highest BCUT2D eigenvalue weighted by molar-refractivity contribution is 8.14. The quantitative estimate of drug-likeness (QED) is 0.911. The minimum Gasteiger partial charge on any atom is -0.341 e. The zero-order chi connectivity index (χ0) is 13.1. The normalized spacial score (nSPS) is 19.3. The molecule has 1 fully saturated rings. The molecule has 0 spiro atoms. The van der Waals surface area contributed by atoms with Crippen molar-refractivity contribution in [2.75, 3.05) is 5.75 Å². The van der Waals surface area contributed by atoms with Crippen LogP contribution in [0.2, 0.25) is 0 Å². The maximum Gasteiger partial charge on any atom is 0.251 e. The maximum atomic E-state index is 12.0. The van der Waals surface area contributed by atoms with Gasteiger partial charge in [0.1, 0.15) is 0 Å². The number of hydrogen-bond acceptors (Lipinski definition) is 3. The van der Waals surface area contributed by atoms with Gasteiger partial charge in [0, 0.05) is 11.3 Å². The number of carbonyl (C=O) groups excluding carboxylic acids is 2. The molecule has 1 unspecified atom stereocenters. The average Bonchev–Trinajstić information content (AvgIpc) is 2.75. The van der Waals surface area contributed by atoms with Gasteiger partial charge in [-0.1, -0.05) is 37.7 Å². The molecular weight excluding hydrogens is 246 g/mol. The third-order valence-corrected chi connectivity index (χ3v) is 4.09. The van der Waals surface area contributed by atoms with Crippen LogP contribution in [0, 0.1) is 0 Å². The number of rotatable bonds is 3. The van der Waals surface area contributed by atoms with Gasteiger partial charge >= 0.3 is 0 Å². The Morgan fingerprint density at radius 3 is 2.50 bits per heavy atom. The molecule has 0 aromatic heterocycles. The van der Waals surface area contributed by atoms with Crippen LogP contribution in [0.25, 0.3) is 0 Å². The molecule has 1 aromatic carbocycles. The molecule has 4 heteroatoms. The van der Waals surface area contributed by atoms with Crippen LogP contribution in [-0.2, 0) is 4.79 Å². The molecule has 1 N–H and O–H groups in total. The predicted molar refractivity (Wildman–Crippen MR) is 73.9 cm³/mol. The topological polar surface area (TPSA) is 46.2 Å². The van der Waals surface area contributed by atoms with E-state index in [9.17, 15) is 9.59 Å². The third-order valence-electron chi connectivity index (χ3n) is 3.08. The molecule has 1 atom stereocenters. The second-order valence-electron chi connectivity index (χ2n) is 4.76. The van der Waals surface area contributed by atoms with Crippen molar-refractivity contribution in [2.45, 2.75) is 32.2 Å². The SMILES string of the molecule is CC(C)c1ccc(C(=O)NC2CCSC2=O)cc1. The first-order valence-electron chi connectivity index (χ1n) is 6.15. The van der Waals surface area contributed by atoms with Gasteiger partial charge in [-0.05, 0) is 30.0 Å². The van der Waals surface area contributed by atoms with E-state index >= 15 is 0 Å². The molecule has 0 radical (unpaired) electrons. The van der Waals surface area contributed by atoms with Gasteiger partial charge in [-0.25, -0.2) is 0 Å². The summed E-state index contributed by atoms with van der Waals surface area (Å²) in [5, 5.41) is 2.86. The van der Waals surface area contributed by atoms with E-state index in [1.807, 2.05) is 24.3 Å². The zero-order valence-corrected chi connectivity index (χ0v) is 11.4. The summed E-state index contributed by atoms with van der Waals surface area (Å²) in [6.45, 7) is 4.23. The second-order valence-corrected chi connectivity index (χ2v) is 5.86. The minimum atomic E-state index is -0.313. The van der Waals surface area contributed by atoms with Crippen molar-refractivity contribution in [2.24, 2.45) is 0 Å². The van der Waals surface area contributed by atoms with E-state index < -0.39 is 0 Å². The van der Waals surface area contributed by atoms with Crippen molar-refractivity contribution in [3.8, 4) is 0 Å². The Balaban J connectivity index is 2.02. The van der Waals surface area contributed by atoms with Gasteiger partial charge in [-0.3, -0.25) is 9.59 Å². The summed E-state index contributed by atoms with van der Waals surface area (Å²) in [7, 11) is 0. The van der Waals surface area contributed by atoms with Gasteiger partial charge < -0.3 is 5.32 Å². The summed E-state index contributed by atoms with van der Waals surface area (Å²) >= 11 is 1.30. The van der Waals surface area contributed by atoms with E-state index in [4.69, 9.17) is 0 Å². The molecule has 3 nitrogen and oxygen atoms in total. The van der Waals surface area contributed by atoms with Crippen LogP contribution in [0.4, 0.5) is 0 Å². The van der Waals surface area contributed by atoms with E-state index in [1.165, 1.54) is 17.3 Å². The lowest BCUT2D eigenvalue weighted by Gasteiger charge is -2.11. The molecule has 0 bridgehead atoms. The van der Waals surface area contributed by atoms with E-state index in [0.29, 0.717) is 11.5 Å². The Morgan fingerprint density at radius 2 is 2.00 bits per heavy atom. The number of amides is 1. The largest absolute Gasteiger partial charge is 0.341 e. The lowest BCUT2D eigenvalue weighted by atomic mass is 10.0. The van der Waals surface area contributed by atoms with E-state index in [1.54, 1.807) is 0 Å². The second kappa shape index (κ2) is 5.57. The van der Waals surface area contributed by atoms with Gasteiger partial charge in [0.2, 0.25) is 5.12 Å². The van der Waals surface area contributed by atoms with Crippen LogP contribution >= 0.6 is 11.8 Å². The first-order valence-corrected chi connectivity index (χ1v) is 7.14. The number of carbonyl (C=O) groups is 2. The highest BCUT2D eigenvalue weighted by atomic mass is 32.2. The van der Waals surface area contributed by atoms with E-state index in [2.05, 4.69) is 19.2 Å². The van der Waals surface area contributed by atoms with Gasteiger partial charge in [0.25, 0.3) is 5.91 Å². The molecule has 1 heterocycles. The van der Waals surface area contributed by atoms with Gasteiger partial charge in [0.05, 0.1) is 6.04 Å². The highest BCUT2D eigenvalue weighted by Crippen LogP contribution is 2.20. The standard InChI is InChI=1S/C14H17NO2S/c1-9(2)10-3-5-11(6-4-10)13(16)15-12-7-8-18-14(12)17/h3-6,9,12H,7-8H2,1-2H3,(H,15,16). The summed E-state index contributed by atoms with van der Waals surface area (Å²) in [5.74, 6) is 1.09. The van der Waals surface area contributed by atoms with Crippen molar-refractivity contribution < 1.29 is 9.59 Å². The summed E-state index contributed by atoms with van der Waals surface area (Å²) in [5.41, 5.74) is 1.82. The van der Waals surface area contributed by atoms with Gasteiger partial charge in [-0.2, -0.15) is 0 Å². The Kier molecular flexibility index (Phi) is 4.07. The molecule has 2 rings (SSSR count). The van der Waals surface area contributed by atoms with Crippen molar-refractivity contribution in [3.05, 3.63) is 35.4 Å². The molecule has 0 aliphatic carbocycles. The van der Waals surface area contributed by atoms with Crippen LogP contribution in [0.3, 0.4) is 0 Å². The Labute approximate surface area is 111 Å². The maximum absolute atomic E-state index is 12.0. The fourth-order valence-corrected chi connectivity index (χ4v) is 2.82. The summed E-state index contributed by atoms with van der Waals surface area (Å²) in [4.78, 5) is 23.4. The van der Waals surface area contributed by atoms with Crippen LogP contribution in [0.1, 0.15) is 42.1 Å². The lowest BCUT2D eigenvalue weighted by Crippen LogP contribution is -2.37. The average molecular weight is 263 g/mol. The van der Waals surface area contributed by atoms with Crippen molar-refractivity contribution in [3.63, 3.8) is 0 Å². The summed E-state index contributed by atoms with van der Waals surface area (Å²) in [6.07, 6.45) is 0.735. The van der Waals surface area contributed by atoms with Crippen LogP contribution in [0.15, 0.2) is 24.3 Å². The van der Waals surface area contributed by atoms with Crippen LogP contribution < -0.4 is 5.32 Å². The molecule has 1 aliphatic rings. The fraction of sp³-hybridized carbons (Fsp3) is 0.429. The molecule has 1 aliphatic heterocycles. The van der Waals surface area contributed by atoms with Crippen LogP contribution in [0.5, 0.6) is 0 Å². The van der Waals surface area contributed by atoms with Crippen molar-refractivity contribution >= 4 is 22.8 Å². The molecule has 0 saturated carbocycles. The first kappa shape index (κ1) is 13.1. The predicted octanol–water partition coefficient (Wildman–Crippen LogP) is 2.57. The Morgan fingerprint density at radius 1 is 1.33 bits per heavy atom. The number of hydrogen-bond donors (Lipinski definition) is 1. The first-order chi connectivity index (χ1) is 8.58. The van der Waals surface area contributed by atoms with E-state index in [-0.39, 0.29) is 17.1 Å².